The molecule has 31 heavy (non-hydrogen) atoms. The lowest BCUT2D eigenvalue weighted by molar-refractivity contribution is 0.102. The third-order valence-corrected chi connectivity index (χ3v) is 5.35. The van der Waals surface area contributed by atoms with Crippen LogP contribution in [0.25, 0.3) is 0 Å². The molecule has 0 unspecified atom stereocenters. The molecule has 3 rings (SSSR count). The van der Waals surface area contributed by atoms with Gasteiger partial charge in [-0.3, -0.25) is 4.79 Å². The Morgan fingerprint density at radius 1 is 1.06 bits per heavy atom. The summed E-state index contributed by atoms with van der Waals surface area (Å²) in [5.41, 5.74) is -0.876. The highest BCUT2D eigenvalue weighted by Gasteiger charge is 2.23. The van der Waals surface area contributed by atoms with Crippen LogP contribution in [-0.2, 0) is 10.0 Å². The van der Waals surface area contributed by atoms with E-state index in [9.17, 15) is 26.4 Å². The van der Waals surface area contributed by atoms with Crippen LogP contribution in [0.5, 0.6) is 11.5 Å². The van der Waals surface area contributed by atoms with Crippen molar-refractivity contribution < 1.29 is 31.1 Å². The van der Waals surface area contributed by atoms with Crippen LogP contribution in [0, 0.1) is 5.82 Å². The van der Waals surface area contributed by atoms with Gasteiger partial charge in [-0.15, -0.1) is 0 Å². The molecule has 0 heterocycles. The number of nitrogens with one attached hydrogen (secondary N) is 1. The summed E-state index contributed by atoms with van der Waals surface area (Å²) < 4.78 is 69.3. The summed E-state index contributed by atoms with van der Waals surface area (Å²) in [4.78, 5) is 12.5. The monoisotopic (exact) mass is 470 g/mol. The molecular formula is C20H14ClF3N2O4S. The van der Waals surface area contributed by atoms with E-state index in [0.717, 1.165) is 18.2 Å². The quantitative estimate of drug-likeness (QED) is 0.523. The average molecular weight is 471 g/mol. The van der Waals surface area contributed by atoms with E-state index in [4.69, 9.17) is 21.5 Å². The van der Waals surface area contributed by atoms with Crippen LogP contribution in [0.15, 0.2) is 65.6 Å². The molecular weight excluding hydrogens is 457 g/mol. The first-order valence-electron chi connectivity index (χ1n) is 8.55. The van der Waals surface area contributed by atoms with Crippen LogP contribution in [0.3, 0.4) is 0 Å². The topological polar surface area (TPSA) is 98.5 Å². The Morgan fingerprint density at radius 3 is 2.42 bits per heavy atom. The molecule has 6 nitrogen and oxygen atoms in total. The number of anilines is 1. The van der Waals surface area contributed by atoms with Crippen molar-refractivity contribution in [3.63, 3.8) is 0 Å². The number of sulfonamides is 1. The smallest absolute Gasteiger partial charge is 0.267 e. The van der Waals surface area contributed by atoms with Gasteiger partial charge in [-0.2, -0.15) is 0 Å². The number of rotatable bonds is 6. The van der Waals surface area contributed by atoms with Gasteiger partial charge in [0, 0.05) is 5.69 Å². The van der Waals surface area contributed by atoms with E-state index in [1.54, 1.807) is 0 Å². The zero-order valence-electron chi connectivity index (χ0n) is 15.5. The Bertz CT molecular complexity index is 1250. The molecule has 0 saturated carbocycles. The summed E-state index contributed by atoms with van der Waals surface area (Å²) in [7, 11) is -4.03. The van der Waals surface area contributed by atoms with Crippen LogP contribution in [0.2, 0.25) is 5.02 Å². The number of benzene rings is 3. The van der Waals surface area contributed by atoms with E-state index < -0.39 is 44.5 Å². The largest absolute Gasteiger partial charge is 0.454 e. The number of nitrogens with two attached hydrogens (primary N) is 1. The summed E-state index contributed by atoms with van der Waals surface area (Å²) in [6.07, 6.45) is -3.01. The summed E-state index contributed by atoms with van der Waals surface area (Å²) in [6, 6.07) is 12.1. The number of hydrogen-bond donors (Lipinski definition) is 2. The maximum absolute atomic E-state index is 13.7. The van der Waals surface area contributed by atoms with Crippen LogP contribution < -0.4 is 15.2 Å². The molecule has 0 spiro atoms. The number of hydrogen-bond acceptors (Lipinski definition) is 4. The van der Waals surface area contributed by atoms with Crippen molar-refractivity contribution in [1.82, 2.24) is 0 Å². The second-order valence-corrected chi connectivity index (χ2v) is 8.14. The molecule has 0 fully saturated rings. The Morgan fingerprint density at radius 2 is 1.74 bits per heavy atom. The lowest BCUT2D eigenvalue weighted by Crippen LogP contribution is -2.16. The third kappa shape index (κ3) is 5.16. The second kappa shape index (κ2) is 8.96. The molecule has 0 aliphatic rings. The van der Waals surface area contributed by atoms with E-state index in [2.05, 4.69) is 5.32 Å². The molecule has 0 aliphatic carbocycles. The van der Waals surface area contributed by atoms with E-state index in [-0.39, 0.29) is 21.9 Å². The number of carbonyl (C=O) groups is 1. The molecule has 11 heteroatoms. The lowest BCUT2D eigenvalue weighted by Gasteiger charge is -2.16. The van der Waals surface area contributed by atoms with Gasteiger partial charge >= 0.3 is 0 Å². The summed E-state index contributed by atoms with van der Waals surface area (Å²) >= 11 is 5.84. The molecule has 3 N–H and O–H groups in total. The molecule has 3 aromatic rings. The minimum Gasteiger partial charge on any atom is -0.454 e. The number of alkyl halides is 2. The highest BCUT2D eigenvalue weighted by atomic mass is 35.5. The zero-order chi connectivity index (χ0) is 22.8. The summed E-state index contributed by atoms with van der Waals surface area (Å²) in [5, 5.41) is 7.02. The highest BCUT2D eigenvalue weighted by molar-refractivity contribution is 7.89. The predicted molar refractivity (Wildman–Crippen MR) is 109 cm³/mol. The van der Waals surface area contributed by atoms with Gasteiger partial charge in [-0.1, -0.05) is 29.8 Å². The minimum atomic E-state index is -4.03. The van der Waals surface area contributed by atoms with E-state index in [1.165, 1.54) is 42.5 Å². The van der Waals surface area contributed by atoms with E-state index in [0.29, 0.717) is 0 Å². The SMILES string of the molecule is NS(=O)(=O)c1cccc(NC(=O)c2cccc(C(F)F)c2Oc2cccc(F)c2Cl)c1. The van der Waals surface area contributed by atoms with Crippen molar-refractivity contribution in [3.8, 4) is 11.5 Å². The zero-order valence-corrected chi connectivity index (χ0v) is 17.1. The number of halogens is 4. The number of primary sulfonamides is 1. The van der Waals surface area contributed by atoms with Crippen LogP contribution in [0.4, 0.5) is 18.9 Å². The van der Waals surface area contributed by atoms with E-state index in [1.807, 2.05) is 0 Å². The number of ether oxygens (including phenoxy) is 1. The molecule has 0 aromatic heterocycles. The molecule has 162 valence electrons. The Balaban J connectivity index is 2.02. The van der Waals surface area contributed by atoms with Gasteiger partial charge in [0.2, 0.25) is 10.0 Å². The van der Waals surface area contributed by atoms with Crippen LogP contribution >= 0.6 is 11.6 Å². The molecule has 0 radical (unpaired) electrons. The van der Waals surface area contributed by atoms with Crippen molar-refractivity contribution in [3.05, 3.63) is 82.6 Å². The maximum Gasteiger partial charge on any atom is 0.267 e. The Labute approximate surface area is 180 Å². The first-order chi connectivity index (χ1) is 14.6. The molecule has 0 atom stereocenters. The summed E-state index contributed by atoms with van der Waals surface area (Å²) in [5.74, 6) is -2.50. The first-order valence-corrected chi connectivity index (χ1v) is 10.5. The van der Waals surface area contributed by atoms with E-state index >= 15 is 0 Å². The normalized spacial score (nSPS) is 11.4. The fourth-order valence-corrected chi connectivity index (χ4v) is 3.37. The van der Waals surface area contributed by atoms with Gasteiger partial charge < -0.3 is 10.1 Å². The Hall–Kier alpha value is -3.08. The van der Waals surface area contributed by atoms with Gasteiger partial charge in [0.05, 0.1) is 16.0 Å². The number of carbonyl (C=O) groups excluding carboxylic acids is 1. The fourth-order valence-electron chi connectivity index (χ4n) is 2.64. The highest BCUT2D eigenvalue weighted by Crippen LogP contribution is 2.38. The first kappa shape index (κ1) is 22.6. The van der Waals surface area contributed by atoms with Crippen LogP contribution in [0.1, 0.15) is 22.3 Å². The van der Waals surface area contributed by atoms with Crippen molar-refractivity contribution in [1.29, 1.82) is 0 Å². The third-order valence-electron chi connectivity index (χ3n) is 4.07. The molecule has 0 saturated heterocycles. The van der Waals surface area contributed by atoms with Gasteiger partial charge in [0.25, 0.3) is 12.3 Å². The average Bonchev–Trinajstić information content (AvgIpc) is 2.71. The molecule has 3 aromatic carbocycles. The maximum atomic E-state index is 13.7. The van der Waals surface area contributed by atoms with Gasteiger partial charge in [0.1, 0.15) is 22.3 Å². The number of para-hydroxylation sites is 1. The minimum absolute atomic E-state index is 0.0497. The van der Waals surface area contributed by atoms with Gasteiger partial charge in [-0.05, 0) is 42.5 Å². The fraction of sp³-hybridized carbons (Fsp3) is 0.0500. The van der Waals surface area contributed by atoms with Crippen molar-refractivity contribution in [2.75, 3.05) is 5.32 Å². The van der Waals surface area contributed by atoms with Crippen LogP contribution in [-0.4, -0.2) is 14.3 Å². The van der Waals surface area contributed by atoms with Gasteiger partial charge in [-0.25, -0.2) is 26.7 Å². The van der Waals surface area contributed by atoms with Crippen molar-refractivity contribution in [2.45, 2.75) is 11.3 Å². The predicted octanol–water partition coefficient (Wildman–Crippen LogP) is 5.11. The van der Waals surface area contributed by atoms with Gasteiger partial charge in [0.15, 0.2) is 0 Å². The standard InChI is InChI=1S/C20H14ClF3N2O4S/c21-17-15(22)8-3-9-16(17)30-18-13(19(23)24)6-2-7-14(18)20(27)26-11-4-1-5-12(10-11)31(25,28)29/h1-10,19H,(H,26,27)(H2,25,28,29). The lowest BCUT2D eigenvalue weighted by atomic mass is 10.1. The Kier molecular flexibility index (Phi) is 6.54. The molecule has 0 aliphatic heterocycles. The number of amides is 1. The van der Waals surface area contributed by atoms with Crippen molar-refractivity contribution >= 4 is 33.2 Å². The molecule has 0 bridgehead atoms. The van der Waals surface area contributed by atoms with Crippen molar-refractivity contribution in [2.24, 2.45) is 5.14 Å². The molecule has 1 amide bonds. The summed E-state index contributed by atoms with van der Waals surface area (Å²) in [6.45, 7) is 0. The second-order valence-electron chi connectivity index (χ2n) is 6.21.